The lowest BCUT2D eigenvalue weighted by atomic mass is 10.0. The van der Waals surface area contributed by atoms with Gasteiger partial charge in [0.25, 0.3) is 10.0 Å². The van der Waals surface area contributed by atoms with Gasteiger partial charge < -0.3 is 15.0 Å². The highest BCUT2D eigenvalue weighted by molar-refractivity contribution is 9.10. The zero-order chi connectivity index (χ0) is 34.2. The first-order valence-corrected chi connectivity index (χ1v) is 17.8. The predicted molar refractivity (Wildman–Crippen MR) is 190 cm³/mol. The first-order valence-electron chi connectivity index (χ1n) is 15.2. The Morgan fingerprint density at radius 2 is 1.49 bits per heavy atom. The topological polar surface area (TPSA) is 96.0 Å². The van der Waals surface area contributed by atoms with Gasteiger partial charge >= 0.3 is 0 Å². The molecule has 0 saturated heterocycles. The van der Waals surface area contributed by atoms with Gasteiger partial charge in [0.2, 0.25) is 11.8 Å². The molecule has 0 bridgehead atoms. The highest BCUT2D eigenvalue weighted by atomic mass is 79.9. The molecule has 1 atom stereocenters. The molecule has 0 spiro atoms. The van der Waals surface area contributed by atoms with Crippen LogP contribution in [0.5, 0.6) is 5.75 Å². The van der Waals surface area contributed by atoms with Crippen LogP contribution in [0, 0.1) is 0 Å². The Balaban J connectivity index is 1.81. The molecule has 1 N–H and O–H groups in total. The molecule has 4 rings (SSSR count). The van der Waals surface area contributed by atoms with Crippen LogP contribution in [0.15, 0.2) is 112 Å². The van der Waals surface area contributed by atoms with E-state index in [0.717, 1.165) is 19.9 Å². The molecular weight excluding hydrogens is 702 g/mol. The molecule has 8 nitrogen and oxygen atoms in total. The van der Waals surface area contributed by atoms with Gasteiger partial charge in [-0.05, 0) is 99.5 Å². The van der Waals surface area contributed by atoms with Crippen LogP contribution in [0.4, 0.5) is 5.69 Å². The van der Waals surface area contributed by atoms with Crippen LogP contribution in [0.2, 0.25) is 5.02 Å². The summed E-state index contributed by atoms with van der Waals surface area (Å²) < 4.78 is 35.9. The van der Waals surface area contributed by atoms with Gasteiger partial charge in [0.1, 0.15) is 18.3 Å². The van der Waals surface area contributed by atoms with Crippen molar-refractivity contribution in [2.45, 2.75) is 57.1 Å². The van der Waals surface area contributed by atoms with Crippen molar-refractivity contribution in [3.8, 4) is 5.75 Å². The van der Waals surface area contributed by atoms with Crippen LogP contribution >= 0.6 is 27.5 Å². The van der Waals surface area contributed by atoms with E-state index in [4.69, 9.17) is 16.3 Å². The molecule has 2 amide bonds. The van der Waals surface area contributed by atoms with Gasteiger partial charge in [0.15, 0.2) is 0 Å². The van der Waals surface area contributed by atoms with E-state index in [0.29, 0.717) is 17.4 Å². The lowest BCUT2D eigenvalue weighted by Gasteiger charge is -2.35. The fourth-order valence-corrected chi connectivity index (χ4v) is 6.74. The summed E-state index contributed by atoms with van der Waals surface area (Å²) in [7, 11) is -4.26. The van der Waals surface area contributed by atoms with E-state index in [2.05, 4.69) is 21.2 Å². The highest BCUT2D eigenvalue weighted by Gasteiger charge is 2.35. The summed E-state index contributed by atoms with van der Waals surface area (Å²) in [5.41, 5.74) is 1.31. The van der Waals surface area contributed by atoms with E-state index < -0.39 is 34.1 Å². The predicted octanol–water partition coefficient (Wildman–Crippen LogP) is 7.25. The highest BCUT2D eigenvalue weighted by Crippen LogP contribution is 2.28. The maximum absolute atomic E-state index is 14.6. The Labute approximate surface area is 290 Å². The lowest BCUT2D eigenvalue weighted by Crippen LogP contribution is -2.56. The lowest BCUT2D eigenvalue weighted by molar-refractivity contribution is -0.140. The van der Waals surface area contributed by atoms with Gasteiger partial charge in [-0.3, -0.25) is 13.9 Å². The number of anilines is 1. The zero-order valence-electron chi connectivity index (χ0n) is 26.8. The quantitative estimate of drug-likeness (QED) is 0.156. The molecular formula is C36H39BrClN3O5S. The average molecular weight is 741 g/mol. The number of nitrogens with zero attached hydrogens (tertiary/aromatic N) is 2. The van der Waals surface area contributed by atoms with Crippen molar-refractivity contribution in [2.75, 3.05) is 17.5 Å². The number of carbonyl (C=O) groups is 2. The Hall–Kier alpha value is -3.86. The third kappa shape index (κ3) is 10.1. The monoisotopic (exact) mass is 739 g/mol. The number of amides is 2. The van der Waals surface area contributed by atoms with Crippen LogP contribution in [0.1, 0.15) is 38.8 Å². The van der Waals surface area contributed by atoms with E-state index in [-0.39, 0.29) is 29.5 Å². The average Bonchev–Trinajstić information content (AvgIpc) is 3.03. The van der Waals surface area contributed by atoms with Crippen molar-refractivity contribution in [1.29, 1.82) is 0 Å². The third-order valence-corrected chi connectivity index (χ3v) is 9.72. The second-order valence-corrected chi connectivity index (χ2v) is 15.2. The number of carbonyl (C=O) groups excluding carboxylic acids is 2. The van der Waals surface area contributed by atoms with Crippen LogP contribution in [-0.2, 0) is 32.6 Å². The summed E-state index contributed by atoms with van der Waals surface area (Å²) in [5.74, 6) is -0.339. The van der Waals surface area contributed by atoms with Gasteiger partial charge in [-0.15, -0.1) is 0 Å². The van der Waals surface area contributed by atoms with E-state index in [1.165, 1.54) is 29.2 Å². The molecule has 0 aliphatic rings. The molecule has 248 valence electrons. The molecule has 0 radical (unpaired) electrons. The molecule has 0 fully saturated rings. The van der Waals surface area contributed by atoms with Crippen LogP contribution in [-0.4, -0.2) is 49.9 Å². The molecule has 4 aromatic rings. The van der Waals surface area contributed by atoms with Crippen LogP contribution in [0.25, 0.3) is 0 Å². The number of sulfonamides is 1. The second-order valence-electron chi connectivity index (χ2n) is 12.0. The van der Waals surface area contributed by atoms with Gasteiger partial charge in [0.05, 0.1) is 17.2 Å². The fourth-order valence-electron chi connectivity index (χ4n) is 4.93. The number of hydrogen-bond donors (Lipinski definition) is 1. The first kappa shape index (κ1) is 36.0. The summed E-state index contributed by atoms with van der Waals surface area (Å²) >= 11 is 9.53. The minimum Gasteiger partial charge on any atom is -0.494 e. The minimum absolute atomic E-state index is 0.0330. The number of halogens is 2. The Morgan fingerprint density at radius 3 is 2.06 bits per heavy atom. The fraction of sp³-hybridized carbons (Fsp3) is 0.278. The van der Waals surface area contributed by atoms with Crippen molar-refractivity contribution < 1.29 is 22.7 Å². The minimum atomic E-state index is -4.26. The summed E-state index contributed by atoms with van der Waals surface area (Å²) in [6, 6.07) is 28.2. The maximum atomic E-state index is 14.6. The second kappa shape index (κ2) is 15.8. The molecule has 0 unspecified atom stereocenters. The van der Waals surface area contributed by atoms with E-state index in [9.17, 15) is 18.0 Å². The Bertz CT molecular complexity index is 1750. The van der Waals surface area contributed by atoms with Crippen LogP contribution < -0.4 is 14.4 Å². The number of benzene rings is 4. The molecule has 0 aromatic heterocycles. The van der Waals surface area contributed by atoms with Crippen molar-refractivity contribution >= 4 is 55.1 Å². The Kier molecular flexibility index (Phi) is 12.1. The third-order valence-electron chi connectivity index (χ3n) is 7.15. The molecule has 4 aromatic carbocycles. The Morgan fingerprint density at radius 1 is 0.872 bits per heavy atom. The van der Waals surface area contributed by atoms with E-state index in [1.807, 2.05) is 82.3 Å². The number of rotatable bonds is 13. The van der Waals surface area contributed by atoms with Crippen molar-refractivity contribution in [1.82, 2.24) is 10.2 Å². The number of hydrogen-bond acceptors (Lipinski definition) is 5. The molecule has 47 heavy (non-hydrogen) atoms. The van der Waals surface area contributed by atoms with E-state index >= 15 is 0 Å². The van der Waals surface area contributed by atoms with Gasteiger partial charge in [-0.25, -0.2) is 8.42 Å². The molecule has 0 heterocycles. The van der Waals surface area contributed by atoms with Gasteiger partial charge in [-0.2, -0.15) is 0 Å². The van der Waals surface area contributed by atoms with Crippen LogP contribution in [0.3, 0.4) is 0 Å². The number of ether oxygens (including phenoxy) is 1. The summed E-state index contributed by atoms with van der Waals surface area (Å²) in [6.45, 7) is 7.41. The maximum Gasteiger partial charge on any atom is 0.264 e. The van der Waals surface area contributed by atoms with Crippen molar-refractivity contribution in [3.63, 3.8) is 0 Å². The van der Waals surface area contributed by atoms with Gasteiger partial charge in [0, 0.05) is 28.0 Å². The summed E-state index contributed by atoms with van der Waals surface area (Å²) in [6.07, 6.45) is 0.220. The standard InChI is InChI=1S/C36H39BrClN3O5S/c1-5-46-31-19-17-30(18-20-31)41(47(44,45)32-21-15-29(38)16-22-32)25-34(42)40(24-27-11-13-28(37)14-12-27)33(35(43)39-36(2,3)4)23-26-9-7-6-8-10-26/h6-22,33H,5,23-25H2,1-4H3,(H,39,43)/t33-/m1/s1. The molecule has 0 saturated carbocycles. The SMILES string of the molecule is CCOc1ccc(N(CC(=O)N(Cc2ccc(Br)cc2)[C@H](Cc2ccccc2)C(=O)NC(C)(C)C)S(=O)(=O)c2ccc(Cl)cc2)cc1. The molecule has 11 heteroatoms. The first-order chi connectivity index (χ1) is 22.3. The van der Waals surface area contributed by atoms with Crippen molar-refractivity contribution in [2.24, 2.45) is 0 Å². The molecule has 0 aliphatic carbocycles. The van der Waals surface area contributed by atoms with Crippen molar-refractivity contribution in [3.05, 3.63) is 124 Å². The summed E-state index contributed by atoms with van der Waals surface area (Å²) in [4.78, 5) is 30.0. The summed E-state index contributed by atoms with van der Waals surface area (Å²) in [5, 5.41) is 3.41. The van der Waals surface area contributed by atoms with E-state index in [1.54, 1.807) is 24.3 Å². The number of nitrogens with one attached hydrogen (secondary N) is 1. The molecule has 0 aliphatic heterocycles. The zero-order valence-corrected chi connectivity index (χ0v) is 30.0. The smallest absolute Gasteiger partial charge is 0.264 e. The normalized spacial score (nSPS) is 12.2. The van der Waals surface area contributed by atoms with Gasteiger partial charge in [-0.1, -0.05) is 70.0 Å². The largest absolute Gasteiger partial charge is 0.494 e.